The lowest BCUT2D eigenvalue weighted by atomic mass is 10.1. The van der Waals surface area contributed by atoms with Gasteiger partial charge in [-0.15, -0.1) is 0 Å². The first kappa shape index (κ1) is 18.0. The van der Waals surface area contributed by atoms with Gasteiger partial charge in [-0.2, -0.15) is 0 Å². The van der Waals surface area contributed by atoms with Crippen LogP contribution < -0.4 is 9.47 Å². The number of methoxy groups -OCH3 is 2. The second-order valence-corrected chi connectivity index (χ2v) is 6.35. The molecule has 28 heavy (non-hydrogen) atoms. The zero-order valence-electron chi connectivity index (χ0n) is 15.1. The van der Waals surface area contributed by atoms with Gasteiger partial charge in [-0.05, 0) is 42.5 Å². The molecule has 140 valence electrons. The number of aromatic nitrogens is 1. The number of aliphatic imine (C=N–C) groups is 1. The van der Waals surface area contributed by atoms with E-state index in [0.29, 0.717) is 28.1 Å². The number of hydrogen-bond donors (Lipinski definition) is 0. The fraction of sp³-hybridized carbons (Fsp3) is 0.0952. The van der Waals surface area contributed by atoms with E-state index in [9.17, 15) is 4.79 Å². The highest BCUT2D eigenvalue weighted by Gasteiger charge is 2.25. The Morgan fingerprint density at radius 2 is 1.82 bits per heavy atom. The van der Waals surface area contributed by atoms with Gasteiger partial charge in [-0.3, -0.25) is 0 Å². The minimum absolute atomic E-state index is 0.148. The summed E-state index contributed by atoms with van der Waals surface area (Å²) in [6, 6.07) is 14.5. The first-order valence-electron chi connectivity index (χ1n) is 8.38. The quantitative estimate of drug-likeness (QED) is 0.376. The summed E-state index contributed by atoms with van der Waals surface area (Å²) in [5.41, 5.74) is 2.06. The normalized spacial score (nSPS) is 14.9. The lowest BCUT2D eigenvalue weighted by Crippen LogP contribution is -2.05. The number of carbonyl (C=O) groups excluding carboxylic acids is 1. The van der Waals surface area contributed by atoms with Crippen LogP contribution in [0.15, 0.2) is 59.2 Å². The number of esters is 1. The Labute approximate surface area is 166 Å². The van der Waals surface area contributed by atoms with Crippen LogP contribution in [-0.4, -0.2) is 31.1 Å². The number of nitrogens with zero attached hydrogens (tertiary/aromatic N) is 2. The van der Waals surface area contributed by atoms with Crippen LogP contribution in [0.2, 0.25) is 5.15 Å². The topological polar surface area (TPSA) is 70.0 Å². The van der Waals surface area contributed by atoms with Gasteiger partial charge in [0.15, 0.2) is 5.70 Å². The van der Waals surface area contributed by atoms with Crippen molar-refractivity contribution in [3.8, 4) is 11.5 Å². The molecule has 4 rings (SSSR count). The van der Waals surface area contributed by atoms with Crippen molar-refractivity contribution in [1.29, 1.82) is 0 Å². The molecular weight excluding hydrogens is 380 g/mol. The summed E-state index contributed by atoms with van der Waals surface area (Å²) in [6.45, 7) is 0. The van der Waals surface area contributed by atoms with Crippen molar-refractivity contribution in [2.75, 3.05) is 14.2 Å². The molecule has 0 amide bonds. The maximum Gasteiger partial charge on any atom is 0.363 e. The zero-order valence-corrected chi connectivity index (χ0v) is 15.9. The van der Waals surface area contributed by atoms with Crippen molar-refractivity contribution < 1.29 is 19.0 Å². The number of fused-ring (bicyclic) bond motifs is 1. The Kier molecular flexibility index (Phi) is 4.71. The highest BCUT2D eigenvalue weighted by molar-refractivity contribution is 6.31. The Balaban J connectivity index is 1.72. The van der Waals surface area contributed by atoms with E-state index in [-0.39, 0.29) is 16.7 Å². The van der Waals surface area contributed by atoms with E-state index in [4.69, 9.17) is 25.8 Å². The lowest BCUT2D eigenvalue weighted by Gasteiger charge is -2.05. The zero-order chi connectivity index (χ0) is 19.7. The second kappa shape index (κ2) is 7.32. The standard InChI is InChI=1S/C21H15ClN2O4/c1-26-15-5-3-4-13(9-15)20-24-18(21(25)28-20)10-14-8-12-6-7-16(27-2)11-17(12)23-19(14)22/h3-11H,1-2H3/b18-10+. The van der Waals surface area contributed by atoms with Crippen molar-refractivity contribution in [1.82, 2.24) is 4.98 Å². The highest BCUT2D eigenvalue weighted by Crippen LogP contribution is 2.27. The molecule has 1 aliphatic heterocycles. The van der Waals surface area contributed by atoms with Crippen molar-refractivity contribution in [3.05, 3.63) is 70.5 Å². The first-order chi connectivity index (χ1) is 13.6. The summed E-state index contributed by atoms with van der Waals surface area (Å²) < 4.78 is 15.7. The van der Waals surface area contributed by atoms with Crippen LogP contribution in [0, 0.1) is 0 Å². The van der Waals surface area contributed by atoms with E-state index in [1.165, 1.54) is 0 Å². The fourth-order valence-corrected chi connectivity index (χ4v) is 3.00. The van der Waals surface area contributed by atoms with E-state index >= 15 is 0 Å². The summed E-state index contributed by atoms with van der Waals surface area (Å²) in [6.07, 6.45) is 1.56. The predicted octanol–water partition coefficient (Wildman–Crippen LogP) is 4.25. The predicted molar refractivity (Wildman–Crippen MR) is 107 cm³/mol. The molecule has 7 heteroatoms. The summed E-state index contributed by atoms with van der Waals surface area (Å²) in [4.78, 5) is 20.9. The van der Waals surface area contributed by atoms with Gasteiger partial charge in [0.2, 0.25) is 5.90 Å². The molecule has 0 radical (unpaired) electrons. The first-order valence-corrected chi connectivity index (χ1v) is 8.76. The van der Waals surface area contributed by atoms with Gasteiger partial charge in [-0.25, -0.2) is 14.8 Å². The van der Waals surface area contributed by atoms with Crippen LogP contribution in [-0.2, 0) is 9.53 Å². The second-order valence-electron chi connectivity index (χ2n) is 6.00. The van der Waals surface area contributed by atoms with Gasteiger partial charge in [0.25, 0.3) is 0 Å². The van der Waals surface area contributed by atoms with Crippen LogP contribution in [0.1, 0.15) is 11.1 Å². The maximum atomic E-state index is 12.3. The molecule has 3 aromatic rings. The average Bonchev–Trinajstić information content (AvgIpc) is 3.08. The third kappa shape index (κ3) is 3.42. The monoisotopic (exact) mass is 394 g/mol. The molecule has 0 saturated heterocycles. The van der Waals surface area contributed by atoms with Crippen LogP contribution >= 0.6 is 11.6 Å². The molecule has 0 spiro atoms. The van der Waals surface area contributed by atoms with E-state index < -0.39 is 5.97 Å². The van der Waals surface area contributed by atoms with Crippen LogP contribution in [0.5, 0.6) is 11.5 Å². The molecule has 1 aliphatic rings. The smallest absolute Gasteiger partial charge is 0.363 e. The van der Waals surface area contributed by atoms with Crippen molar-refractivity contribution in [2.45, 2.75) is 0 Å². The Morgan fingerprint density at radius 1 is 1.04 bits per heavy atom. The van der Waals surface area contributed by atoms with E-state index in [2.05, 4.69) is 9.98 Å². The molecule has 0 atom stereocenters. The number of pyridine rings is 1. The van der Waals surface area contributed by atoms with E-state index in [1.54, 1.807) is 50.6 Å². The third-order valence-corrected chi connectivity index (χ3v) is 4.54. The van der Waals surface area contributed by atoms with E-state index in [1.807, 2.05) is 18.2 Å². The van der Waals surface area contributed by atoms with Gasteiger partial charge in [0, 0.05) is 22.6 Å². The Hall–Kier alpha value is -3.38. The SMILES string of the molecule is COc1cccc(C2=N/C(=C/c3cc4ccc(OC)cc4nc3Cl)C(=O)O2)c1. The molecule has 2 aromatic carbocycles. The summed E-state index contributed by atoms with van der Waals surface area (Å²) in [5.74, 6) is 0.994. The van der Waals surface area contributed by atoms with Crippen molar-refractivity contribution in [2.24, 2.45) is 4.99 Å². The van der Waals surface area contributed by atoms with Gasteiger partial charge in [0.05, 0.1) is 19.7 Å². The van der Waals surface area contributed by atoms with Crippen LogP contribution in [0.3, 0.4) is 0 Å². The van der Waals surface area contributed by atoms with Crippen molar-refractivity contribution >= 4 is 40.4 Å². The summed E-state index contributed by atoms with van der Waals surface area (Å²) >= 11 is 6.30. The Morgan fingerprint density at radius 3 is 2.61 bits per heavy atom. The number of benzene rings is 2. The number of cyclic esters (lactones) is 1. The van der Waals surface area contributed by atoms with Crippen molar-refractivity contribution in [3.63, 3.8) is 0 Å². The molecular formula is C21H15ClN2O4. The average molecular weight is 395 g/mol. The number of carbonyl (C=O) groups is 1. The van der Waals surface area contributed by atoms with Crippen LogP contribution in [0.4, 0.5) is 0 Å². The molecule has 2 heterocycles. The number of hydrogen-bond acceptors (Lipinski definition) is 6. The molecule has 0 saturated carbocycles. The van der Waals surface area contributed by atoms with Gasteiger partial charge >= 0.3 is 5.97 Å². The van der Waals surface area contributed by atoms with Gasteiger partial charge < -0.3 is 14.2 Å². The highest BCUT2D eigenvalue weighted by atomic mass is 35.5. The molecule has 6 nitrogen and oxygen atoms in total. The minimum atomic E-state index is -0.552. The molecule has 0 bridgehead atoms. The van der Waals surface area contributed by atoms with Crippen LogP contribution in [0.25, 0.3) is 17.0 Å². The lowest BCUT2D eigenvalue weighted by molar-refractivity contribution is -0.129. The number of halogens is 1. The molecule has 0 aliphatic carbocycles. The van der Waals surface area contributed by atoms with Gasteiger partial charge in [-0.1, -0.05) is 17.7 Å². The third-order valence-electron chi connectivity index (χ3n) is 4.23. The fourth-order valence-electron chi connectivity index (χ4n) is 2.80. The summed E-state index contributed by atoms with van der Waals surface area (Å²) in [7, 11) is 3.16. The Bertz CT molecular complexity index is 1150. The van der Waals surface area contributed by atoms with Gasteiger partial charge in [0.1, 0.15) is 16.7 Å². The number of ether oxygens (including phenoxy) is 3. The molecule has 0 fully saturated rings. The number of rotatable bonds is 4. The largest absolute Gasteiger partial charge is 0.497 e. The molecule has 0 unspecified atom stereocenters. The molecule has 1 aromatic heterocycles. The minimum Gasteiger partial charge on any atom is -0.497 e. The summed E-state index contributed by atoms with van der Waals surface area (Å²) in [5, 5.41) is 1.12. The van der Waals surface area contributed by atoms with E-state index in [0.717, 1.165) is 5.39 Å². The maximum absolute atomic E-state index is 12.3. The molecule has 0 N–H and O–H groups in total.